The molecular formula is C23H15FN2O. The van der Waals surface area contributed by atoms with Crippen molar-refractivity contribution >= 4 is 23.3 Å². The third-order valence-electron chi connectivity index (χ3n) is 4.44. The van der Waals surface area contributed by atoms with E-state index in [0.717, 1.165) is 5.56 Å². The van der Waals surface area contributed by atoms with Gasteiger partial charge in [-0.1, -0.05) is 60.7 Å². The average molecular weight is 354 g/mol. The summed E-state index contributed by atoms with van der Waals surface area (Å²) in [6.45, 7) is 1.73. The van der Waals surface area contributed by atoms with Crippen molar-refractivity contribution in [2.45, 2.75) is 6.92 Å². The predicted octanol–water partition coefficient (Wildman–Crippen LogP) is 5.98. The number of hydrogen-bond donors (Lipinski definition) is 0. The van der Waals surface area contributed by atoms with Gasteiger partial charge in [-0.15, -0.1) is 0 Å². The van der Waals surface area contributed by atoms with Gasteiger partial charge in [0.15, 0.2) is 11.4 Å². The topological polar surface area (TPSA) is 49.8 Å². The second-order valence-electron chi connectivity index (χ2n) is 6.14. The zero-order chi connectivity index (χ0) is 18.8. The maximum Gasteiger partial charge on any atom is 0.220 e. The Labute approximate surface area is 156 Å². The van der Waals surface area contributed by atoms with E-state index in [9.17, 15) is 5.26 Å². The fourth-order valence-electron chi connectivity index (χ4n) is 3.12. The Hall–Kier alpha value is -3.71. The van der Waals surface area contributed by atoms with Gasteiger partial charge < -0.3 is 4.42 Å². The minimum atomic E-state index is -0.500. The molecule has 0 aliphatic heterocycles. The Bertz CT molecular complexity index is 1190. The molecule has 0 unspecified atom stereocenters. The van der Waals surface area contributed by atoms with E-state index in [1.807, 2.05) is 66.7 Å². The first-order chi connectivity index (χ1) is 13.2. The summed E-state index contributed by atoms with van der Waals surface area (Å²) in [5.41, 5.74) is 3.18. The molecule has 4 heteroatoms. The molecular weight excluding hydrogens is 339 g/mol. The van der Waals surface area contributed by atoms with Gasteiger partial charge >= 0.3 is 0 Å². The van der Waals surface area contributed by atoms with Crippen molar-refractivity contribution in [1.82, 2.24) is 4.98 Å². The summed E-state index contributed by atoms with van der Waals surface area (Å²) in [4.78, 5) is 4.34. The van der Waals surface area contributed by atoms with Crippen LogP contribution in [0.25, 0.3) is 34.4 Å². The third kappa shape index (κ3) is 3.00. The van der Waals surface area contributed by atoms with Crippen LogP contribution >= 0.6 is 0 Å². The number of aromatic nitrogens is 1. The molecule has 0 bridgehead atoms. The molecule has 0 aliphatic rings. The van der Waals surface area contributed by atoms with Gasteiger partial charge in [-0.25, -0.2) is 9.37 Å². The van der Waals surface area contributed by atoms with Gasteiger partial charge in [-0.05, 0) is 29.7 Å². The molecule has 4 aromatic rings. The monoisotopic (exact) mass is 354 g/mol. The zero-order valence-corrected chi connectivity index (χ0v) is 14.6. The van der Waals surface area contributed by atoms with Crippen LogP contribution in [-0.2, 0) is 0 Å². The van der Waals surface area contributed by atoms with Crippen molar-refractivity contribution < 1.29 is 8.81 Å². The van der Waals surface area contributed by atoms with Crippen molar-refractivity contribution in [2.24, 2.45) is 0 Å². The van der Waals surface area contributed by atoms with Crippen molar-refractivity contribution in [3.63, 3.8) is 0 Å². The molecule has 0 amide bonds. The Morgan fingerprint density at radius 2 is 1.67 bits per heavy atom. The Kier molecular flexibility index (Phi) is 4.27. The summed E-state index contributed by atoms with van der Waals surface area (Å²) < 4.78 is 20.9. The summed E-state index contributed by atoms with van der Waals surface area (Å²) in [7, 11) is 0. The van der Waals surface area contributed by atoms with Crippen LogP contribution in [0, 0.1) is 24.1 Å². The van der Waals surface area contributed by atoms with E-state index in [1.165, 1.54) is 0 Å². The zero-order valence-electron chi connectivity index (χ0n) is 14.6. The van der Waals surface area contributed by atoms with Crippen LogP contribution < -0.4 is 0 Å². The normalized spacial score (nSPS) is 11.1. The van der Waals surface area contributed by atoms with E-state index in [1.54, 1.807) is 13.0 Å². The molecule has 1 aromatic heterocycles. The SMILES string of the molecule is Cc1c(-c2ccccc2)c(F)c2oc(/C=C/c3ccccc3)nc2c1C#N. The summed E-state index contributed by atoms with van der Waals surface area (Å²) in [5, 5.41) is 9.62. The number of nitriles is 1. The van der Waals surface area contributed by atoms with E-state index in [0.29, 0.717) is 22.3 Å². The molecule has 130 valence electrons. The second kappa shape index (κ2) is 6.89. The maximum atomic E-state index is 15.2. The van der Waals surface area contributed by atoms with E-state index in [2.05, 4.69) is 11.1 Å². The molecule has 0 fully saturated rings. The van der Waals surface area contributed by atoms with Crippen molar-refractivity contribution in [3.8, 4) is 17.2 Å². The molecule has 3 nitrogen and oxygen atoms in total. The molecule has 0 spiro atoms. The van der Waals surface area contributed by atoms with Crippen LogP contribution in [0.5, 0.6) is 0 Å². The maximum absolute atomic E-state index is 15.2. The number of rotatable bonds is 3. The minimum Gasteiger partial charge on any atom is -0.434 e. The average Bonchev–Trinajstić information content (AvgIpc) is 3.13. The fourth-order valence-corrected chi connectivity index (χ4v) is 3.12. The first-order valence-electron chi connectivity index (χ1n) is 8.50. The summed E-state index contributed by atoms with van der Waals surface area (Å²) >= 11 is 0. The van der Waals surface area contributed by atoms with Gasteiger partial charge in [0.2, 0.25) is 5.89 Å². The molecule has 0 saturated carbocycles. The van der Waals surface area contributed by atoms with E-state index in [4.69, 9.17) is 4.42 Å². The number of fused-ring (bicyclic) bond motifs is 1. The van der Waals surface area contributed by atoms with Crippen LogP contribution in [0.15, 0.2) is 65.1 Å². The van der Waals surface area contributed by atoms with Crippen molar-refractivity contribution in [2.75, 3.05) is 0 Å². The van der Waals surface area contributed by atoms with Gasteiger partial charge in [0.05, 0.1) is 5.56 Å². The highest BCUT2D eigenvalue weighted by Crippen LogP contribution is 2.35. The van der Waals surface area contributed by atoms with Crippen LogP contribution in [0.1, 0.15) is 22.6 Å². The summed E-state index contributed by atoms with van der Waals surface area (Å²) in [6, 6.07) is 21.0. The second-order valence-corrected chi connectivity index (χ2v) is 6.14. The molecule has 1 heterocycles. The fraction of sp³-hybridized carbons (Fsp3) is 0.0435. The molecule has 27 heavy (non-hydrogen) atoms. The molecule has 0 radical (unpaired) electrons. The number of oxazole rings is 1. The lowest BCUT2D eigenvalue weighted by molar-refractivity contribution is 0.548. The van der Waals surface area contributed by atoms with Gasteiger partial charge in [-0.2, -0.15) is 5.26 Å². The van der Waals surface area contributed by atoms with Gasteiger partial charge in [0.25, 0.3) is 0 Å². The van der Waals surface area contributed by atoms with Crippen molar-refractivity contribution in [3.05, 3.63) is 89.1 Å². The van der Waals surface area contributed by atoms with Gasteiger partial charge in [-0.3, -0.25) is 0 Å². The van der Waals surface area contributed by atoms with E-state index < -0.39 is 5.82 Å². The number of halogens is 1. The Balaban J connectivity index is 1.90. The lowest BCUT2D eigenvalue weighted by atomic mass is 9.95. The Morgan fingerprint density at radius 1 is 1.00 bits per heavy atom. The third-order valence-corrected chi connectivity index (χ3v) is 4.44. The number of hydrogen-bond acceptors (Lipinski definition) is 3. The lowest BCUT2D eigenvalue weighted by Gasteiger charge is -2.09. The molecule has 0 aliphatic carbocycles. The highest BCUT2D eigenvalue weighted by atomic mass is 19.1. The largest absolute Gasteiger partial charge is 0.434 e. The standard InChI is InChI=1S/C23H15FN2O/c1-15-18(14-25)22-23(21(24)20(15)17-10-6-3-7-11-17)27-19(26-22)13-12-16-8-4-2-5-9-16/h2-13H,1H3/b13-12+. The van der Waals surface area contributed by atoms with Gasteiger partial charge in [0.1, 0.15) is 11.6 Å². The van der Waals surface area contributed by atoms with Gasteiger partial charge in [0, 0.05) is 11.6 Å². The number of benzene rings is 3. The van der Waals surface area contributed by atoms with Crippen LogP contribution in [0.2, 0.25) is 0 Å². The first kappa shape index (κ1) is 16.7. The summed E-state index contributed by atoms with van der Waals surface area (Å²) in [6.07, 6.45) is 3.51. The minimum absolute atomic E-state index is 0.00344. The molecule has 3 aromatic carbocycles. The van der Waals surface area contributed by atoms with E-state index in [-0.39, 0.29) is 17.0 Å². The molecule has 0 saturated heterocycles. The molecule has 0 N–H and O–H groups in total. The highest BCUT2D eigenvalue weighted by molar-refractivity contribution is 5.90. The smallest absolute Gasteiger partial charge is 0.220 e. The quantitative estimate of drug-likeness (QED) is 0.454. The van der Waals surface area contributed by atoms with Crippen LogP contribution in [-0.4, -0.2) is 4.98 Å². The van der Waals surface area contributed by atoms with Crippen LogP contribution in [0.3, 0.4) is 0 Å². The highest BCUT2D eigenvalue weighted by Gasteiger charge is 2.22. The van der Waals surface area contributed by atoms with E-state index >= 15 is 4.39 Å². The first-order valence-corrected chi connectivity index (χ1v) is 8.50. The predicted molar refractivity (Wildman–Crippen MR) is 104 cm³/mol. The Morgan fingerprint density at radius 3 is 2.33 bits per heavy atom. The summed E-state index contributed by atoms with van der Waals surface area (Å²) in [5.74, 6) is -0.242. The molecule has 4 rings (SSSR count). The van der Waals surface area contributed by atoms with Crippen LogP contribution in [0.4, 0.5) is 4.39 Å². The lowest BCUT2D eigenvalue weighted by Crippen LogP contribution is -1.95. The number of nitrogens with zero attached hydrogens (tertiary/aromatic N) is 2. The van der Waals surface area contributed by atoms with Crippen molar-refractivity contribution in [1.29, 1.82) is 5.26 Å². The molecule has 0 atom stereocenters.